The molecule has 4 rings (SSSR count). The molecule has 1 aliphatic heterocycles. The molecule has 27 heavy (non-hydrogen) atoms. The summed E-state index contributed by atoms with van der Waals surface area (Å²) in [5.41, 5.74) is 3.18. The van der Waals surface area contributed by atoms with Gasteiger partial charge in [-0.15, -0.1) is 0 Å². The molecule has 0 fully saturated rings. The first-order chi connectivity index (χ1) is 13.2. The van der Waals surface area contributed by atoms with Crippen LogP contribution < -0.4 is 0 Å². The maximum atomic E-state index is 13.0. The van der Waals surface area contributed by atoms with Crippen LogP contribution in [0.3, 0.4) is 0 Å². The molecule has 0 spiro atoms. The van der Waals surface area contributed by atoms with E-state index in [0.29, 0.717) is 12.2 Å². The number of benzene rings is 3. The average Bonchev–Trinajstić information content (AvgIpc) is 2.72. The number of carbonyl (C=O) groups excluding carboxylic acids is 1. The van der Waals surface area contributed by atoms with E-state index in [9.17, 15) is 4.79 Å². The number of carbonyl (C=O) groups is 1. The molecule has 0 aromatic heterocycles. The molecule has 2 nitrogen and oxygen atoms in total. The zero-order chi connectivity index (χ0) is 18.6. The molecule has 3 aromatic carbocycles. The second-order valence-corrected chi connectivity index (χ2v) is 7.61. The predicted molar refractivity (Wildman–Crippen MR) is 111 cm³/mol. The number of halogens is 1. The summed E-state index contributed by atoms with van der Waals surface area (Å²) in [5.74, 6) is 0.196. The summed E-state index contributed by atoms with van der Waals surface area (Å²) in [4.78, 5) is 13.0. The Morgan fingerprint density at radius 3 is 2.11 bits per heavy atom. The third-order valence-corrected chi connectivity index (χ3v) is 5.42. The first-order valence-electron chi connectivity index (χ1n) is 8.99. The monoisotopic (exact) mass is 418 g/mol. The Morgan fingerprint density at radius 1 is 0.815 bits per heavy atom. The van der Waals surface area contributed by atoms with E-state index in [1.807, 2.05) is 60.7 Å². The summed E-state index contributed by atoms with van der Waals surface area (Å²) in [5, 5.41) is 0. The second-order valence-electron chi connectivity index (χ2n) is 6.69. The minimum atomic E-state index is -0.249. The number of cyclic esters (lactones) is 1. The first kappa shape index (κ1) is 17.7. The lowest BCUT2D eigenvalue weighted by molar-refractivity contribution is -0.142. The van der Waals surface area contributed by atoms with Gasteiger partial charge in [-0.2, -0.15) is 0 Å². The molecule has 0 amide bonds. The Hall–Kier alpha value is -2.65. The standard InChI is InChI=1S/C24H19BrO2/c25-20-13-11-17(12-14-20)15-22-21(18-7-3-1-4-8-18)16-23(27-24(22)26)19-9-5-2-6-10-19/h1-14,16,21-22H,15H2/t21-,22+/m1/s1. The van der Waals surface area contributed by atoms with E-state index in [0.717, 1.165) is 21.2 Å². The molecule has 0 saturated heterocycles. The van der Waals surface area contributed by atoms with Gasteiger partial charge in [-0.05, 0) is 35.8 Å². The van der Waals surface area contributed by atoms with E-state index in [4.69, 9.17) is 4.74 Å². The van der Waals surface area contributed by atoms with Gasteiger partial charge in [0.1, 0.15) is 5.76 Å². The van der Waals surface area contributed by atoms with Crippen LogP contribution in [0.25, 0.3) is 5.76 Å². The van der Waals surface area contributed by atoms with Crippen molar-refractivity contribution in [2.45, 2.75) is 12.3 Å². The van der Waals surface area contributed by atoms with E-state index in [2.05, 4.69) is 46.3 Å². The molecule has 0 unspecified atom stereocenters. The number of ether oxygens (including phenoxy) is 1. The summed E-state index contributed by atoms with van der Waals surface area (Å²) in [6.45, 7) is 0. The van der Waals surface area contributed by atoms with Gasteiger partial charge in [0.2, 0.25) is 0 Å². The third kappa shape index (κ3) is 4.04. The summed E-state index contributed by atoms with van der Waals surface area (Å²) < 4.78 is 6.78. The molecule has 0 radical (unpaired) electrons. The van der Waals surface area contributed by atoms with Gasteiger partial charge < -0.3 is 4.74 Å². The van der Waals surface area contributed by atoms with Crippen LogP contribution in [0.1, 0.15) is 22.6 Å². The second kappa shape index (κ2) is 7.93. The lowest BCUT2D eigenvalue weighted by Gasteiger charge is -2.29. The SMILES string of the molecule is O=C1OC(c2ccccc2)=C[C@H](c2ccccc2)[C@@H]1Cc1ccc(Br)cc1. The molecule has 1 aliphatic rings. The van der Waals surface area contributed by atoms with Gasteiger partial charge in [0.25, 0.3) is 0 Å². The van der Waals surface area contributed by atoms with Gasteiger partial charge in [0.15, 0.2) is 0 Å². The third-order valence-electron chi connectivity index (χ3n) is 4.89. The fraction of sp³-hybridized carbons (Fsp3) is 0.125. The quantitative estimate of drug-likeness (QED) is 0.486. The number of allylic oxidation sites excluding steroid dienone is 1. The van der Waals surface area contributed by atoms with Crippen LogP contribution in [-0.2, 0) is 16.0 Å². The Bertz CT molecular complexity index is 947. The van der Waals surface area contributed by atoms with Crippen LogP contribution in [0.15, 0.2) is 95.5 Å². The molecule has 1 heterocycles. The van der Waals surface area contributed by atoms with Gasteiger partial charge in [-0.3, -0.25) is 4.79 Å². The Balaban J connectivity index is 1.72. The van der Waals surface area contributed by atoms with Crippen molar-refractivity contribution in [1.82, 2.24) is 0 Å². The zero-order valence-electron chi connectivity index (χ0n) is 14.7. The van der Waals surface area contributed by atoms with Gasteiger partial charge in [0, 0.05) is 16.0 Å². The van der Waals surface area contributed by atoms with Crippen molar-refractivity contribution in [3.05, 3.63) is 112 Å². The Labute approximate surface area is 167 Å². The summed E-state index contributed by atoms with van der Waals surface area (Å²) in [6, 6.07) is 28.1. The van der Waals surface area contributed by atoms with Crippen LogP contribution in [0, 0.1) is 5.92 Å². The zero-order valence-corrected chi connectivity index (χ0v) is 16.3. The number of esters is 1. The van der Waals surface area contributed by atoms with E-state index >= 15 is 0 Å². The van der Waals surface area contributed by atoms with Crippen molar-refractivity contribution < 1.29 is 9.53 Å². The van der Waals surface area contributed by atoms with Crippen LogP contribution in [0.4, 0.5) is 0 Å². The summed E-state index contributed by atoms with van der Waals surface area (Å²) in [6.07, 6.45) is 2.74. The topological polar surface area (TPSA) is 26.3 Å². The Kier molecular flexibility index (Phi) is 5.21. The Morgan fingerprint density at radius 2 is 1.44 bits per heavy atom. The van der Waals surface area contributed by atoms with E-state index in [1.54, 1.807) is 0 Å². The molecule has 134 valence electrons. The summed E-state index contributed by atoms with van der Waals surface area (Å²) in [7, 11) is 0. The molecule has 0 N–H and O–H groups in total. The van der Waals surface area contributed by atoms with Crippen molar-refractivity contribution in [2.24, 2.45) is 5.92 Å². The number of hydrogen-bond acceptors (Lipinski definition) is 2. The molecule has 0 saturated carbocycles. The van der Waals surface area contributed by atoms with Crippen molar-refractivity contribution in [3.63, 3.8) is 0 Å². The molecule has 0 bridgehead atoms. The molecule has 3 heteroatoms. The van der Waals surface area contributed by atoms with Crippen LogP contribution >= 0.6 is 15.9 Å². The highest BCUT2D eigenvalue weighted by Crippen LogP contribution is 2.38. The molecule has 2 atom stereocenters. The molecule has 3 aromatic rings. The van der Waals surface area contributed by atoms with Crippen molar-refractivity contribution in [1.29, 1.82) is 0 Å². The van der Waals surface area contributed by atoms with Crippen molar-refractivity contribution >= 4 is 27.7 Å². The largest absolute Gasteiger partial charge is 0.426 e. The van der Waals surface area contributed by atoms with Gasteiger partial charge in [-0.25, -0.2) is 0 Å². The normalized spacial score (nSPS) is 19.3. The maximum absolute atomic E-state index is 13.0. The van der Waals surface area contributed by atoms with Crippen molar-refractivity contribution in [2.75, 3.05) is 0 Å². The van der Waals surface area contributed by atoms with Crippen LogP contribution in [0.2, 0.25) is 0 Å². The summed E-state index contributed by atoms with van der Waals surface area (Å²) >= 11 is 3.46. The van der Waals surface area contributed by atoms with Gasteiger partial charge >= 0.3 is 5.97 Å². The lowest BCUT2D eigenvalue weighted by Crippen LogP contribution is -2.29. The first-order valence-corrected chi connectivity index (χ1v) is 9.78. The minimum Gasteiger partial charge on any atom is -0.426 e. The van der Waals surface area contributed by atoms with Crippen molar-refractivity contribution in [3.8, 4) is 0 Å². The minimum absolute atomic E-state index is 0.0219. The van der Waals surface area contributed by atoms with E-state index < -0.39 is 0 Å². The van der Waals surface area contributed by atoms with Gasteiger partial charge in [0.05, 0.1) is 5.92 Å². The number of rotatable bonds is 4. The molecular formula is C24H19BrO2. The van der Waals surface area contributed by atoms with E-state index in [-0.39, 0.29) is 17.8 Å². The molecular weight excluding hydrogens is 400 g/mol. The predicted octanol–water partition coefficient (Wildman–Crippen LogP) is 5.99. The van der Waals surface area contributed by atoms with Gasteiger partial charge in [-0.1, -0.05) is 88.7 Å². The fourth-order valence-corrected chi connectivity index (χ4v) is 3.75. The van der Waals surface area contributed by atoms with Crippen LogP contribution in [-0.4, -0.2) is 5.97 Å². The lowest BCUT2D eigenvalue weighted by atomic mass is 9.80. The highest BCUT2D eigenvalue weighted by atomic mass is 79.9. The maximum Gasteiger partial charge on any atom is 0.315 e. The molecule has 0 aliphatic carbocycles. The van der Waals surface area contributed by atoms with E-state index in [1.165, 1.54) is 0 Å². The fourth-order valence-electron chi connectivity index (χ4n) is 3.49. The smallest absolute Gasteiger partial charge is 0.315 e. The number of hydrogen-bond donors (Lipinski definition) is 0. The highest BCUT2D eigenvalue weighted by Gasteiger charge is 2.35. The highest BCUT2D eigenvalue weighted by molar-refractivity contribution is 9.10. The van der Waals surface area contributed by atoms with Crippen LogP contribution in [0.5, 0.6) is 0 Å². The average molecular weight is 419 g/mol.